The highest BCUT2D eigenvalue weighted by atomic mass is 35.5. The summed E-state index contributed by atoms with van der Waals surface area (Å²) in [6, 6.07) is 21.9. The van der Waals surface area contributed by atoms with Gasteiger partial charge in [0, 0.05) is 10.7 Å². The van der Waals surface area contributed by atoms with Gasteiger partial charge in [0.15, 0.2) is 5.76 Å². The Morgan fingerprint density at radius 1 is 0.828 bits per heavy atom. The highest BCUT2D eigenvalue weighted by Crippen LogP contribution is 2.44. The largest absolute Gasteiger partial charge is 0.502 e. The molecule has 1 atom stereocenters. The first-order valence-electron chi connectivity index (χ1n) is 8.78. The van der Waals surface area contributed by atoms with Crippen LogP contribution in [0.1, 0.15) is 11.6 Å². The van der Waals surface area contributed by atoms with Crippen molar-refractivity contribution in [3.8, 4) is 0 Å². The fourth-order valence-electron chi connectivity index (χ4n) is 3.39. The van der Waals surface area contributed by atoms with Gasteiger partial charge in [-0.1, -0.05) is 60.1 Å². The van der Waals surface area contributed by atoms with E-state index in [0.29, 0.717) is 16.3 Å². The van der Waals surface area contributed by atoms with Gasteiger partial charge in [-0.3, -0.25) is 9.69 Å². The van der Waals surface area contributed by atoms with Crippen LogP contribution in [0.3, 0.4) is 0 Å². The lowest BCUT2D eigenvalue weighted by molar-refractivity contribution is -0.117. The molecule has 0 aromatic heterocycles. The number of anilines is 1. The summed E-state index contributed by atoms with van der Waals surface area (Å²) in [5, 5.41) is 11.1. The Morgan fingerprint density at radius 3 is 1.97 bits per heavy atom. The molecular formula is C22H16ClNO4S. The summed E-state index contributed by atoms with van der Waals surface area (Å²) in [6.45, 7) is 0. The number of nitrogens with zero attached hydrogens (tertiary/aromatic N) is 1. The van der Waals surface area contributed by atoms with E-state index in [-0.39, 0.29) is 9.80 Å². The van der Waals surface area contributed by atoms with Crippen LogP contribution in [0, 0.1) is 0 Å². The van der Waals surface area contributed by atoms with E-state index < -0.39 is 27.5 Å². The van der Waals surface area contributed by atoms with Crippen LogP contribution in [0.2, 0.25) is 5.02 Å². The minimum Gasteiger partial charge on any atom is -0.502 e. The number of aliphatic hydroxyl groups excluding tert-OH is 1. The number of hydrogen-bond acceptors (Lipinski definition) is 4. The number of aliphatic hydroxyl groups is 1. The summed E-state index contributed by atoms with van der Waals surface area (Å²) in [7, 11) is -4.13. The van der Waals surface area contributed by atoms with Crippen LogP contribution in [0.5, 0.6) is 0 Å². The molecule has 29 heavy (non-hydrogen) atoms. The second kappa shape index (κ2) is 7.39. The highest BCUT2D eigenvalue weighted by molar-refractivity contribution is 7.95. The molecule has 146 valence electrons. The summed E-state index contributed by atoms with van der Waals surface area (Å²) < 4.78 is 26.8. The van der Waals surface area contributed by atoms with Crippen molar-refractivity contribution in [2.75, 3.05) is 4.90 Å². The van der Waals surface area contributed by atoms with E-state index in [9.17, 15) is 18.3 Å². The molecule has 0 saturated heterocycles. The first-order valence-corrected chi connectivity index (χ1v) is 10.6. The van der Waals surface area contributed by atoms with E-state index >= 15 is 0 Å². The molecule has 7 heteroatoms. The second-order valence-electron chi connectivity index (χ2n) is 6.49. The van der Waals surface area contributed by atoms with Crippen LogP contribution in [0.15, 0.2) is 100 Å². The molecule has 4 rings (SSSR count). The number of carbonyl (C=O) groups is 1. The standard InChI is InChI=1S/C22H16ClNO4S/c23-16-11-13-17(14-12-16)24-19(15-7-3-1-4-8-15)21(20(25)22(24)26)29(27,28)18-9-5-2-6-10-18/h1-14,19,25H/t19-/m0/s1. The fourth-order valence-corrected chi connectivity index (χ4v) is 5.16. The van der Waals surface area contributed by atoms with E-state index in [2.05, 4.69) is 0 Å². The summed E-state index contributed by atoms with van der Waals surface area (Å²) in [4.78, 5) is 13.9. The lowest BCUT2D eigenvalue weighted by Crippen LogP contribution is -2.31. The average Bonchev–Trinajstić information content (AvgIpc) is 3.01. The fraction of sp³-hybridized carbons (Fsp3) is 0.0455. The third-order valence-corrected chi connectivity index (χ3v) is 6.86. The number of amides is 1. The molecule has 1 amide bonds. The van der Waals surface area contributed by atoms with Gasteiger partial charge < -0.3 is 5.11 Å². The predicted octanol–water partition coefficient (Wildman–Crippen LogP) is 4.67. The summed E-state index contributed by atoms with van der Waals surface area (Å²) in [5.41, 5.74) is 0.993. The SMILES string of the molecule is O=C1C(O)=C(S(=O)(=O)c2ccccc2)[C@H](c2ccccc2)N1c1ccc(Cl)cc1. The smallest absolute Gasteiger partial charge is 0.295 e. The van der Waals surface area contributed by atoms with Crippen LogP contribution < -0.4 is 4.90 Å². The Morgan fingerprint density at radius 2 is 1.38 bits per heavy atom. The Hall–Kier alpha value is -3.09. The van der Waals surface area contributed by atoms with Crippen LogP contribution in [-0.2, 0) is 14.6 Å². The molecule has 3 aromatic rings. The van der Waals surface area contributed by atoms with Crippen LogP contribution in [0.25, 0.3) is 0 Å². The van der Waals surface area contributed by atoms with Gasteiger partial charge in [-0.2, -0.15) is 0 Å². The minimum absolute atomic E-state index is 0.00763. The summed E-state index contributed by atoms with van der Waals surface area (Å²) in [6.07, 6.45) is 0. The van der Waals surface area contributed by atoms with Gasteiger partial charge in [0.2, 0.25) is 9.84 Å². The zero-order valence-corrected chi connectivity index (χ0v) is 16.6. The number of sulfone groups is 1. The molecule has 0 spiro atoms. The van der Waals surface area contributed by atoms with Crippen molar-refractivity contribution in [1.29, 1.82) is 0 Å². The van der Waals surface area contributed by atoms with Crippen LogP contribution in [-0.4, -0.2) is 19.4 Å². The molecule has 0 aliphatic carbocycles. The Bertz CT molecular complexity index is 1190. The van der Waals surface area contributed by atoms with Gasteiger partial charge >= 0.3 is 0 Å². The van der Waals surface area contributed by atoms with Crippen molar-refractivity contribution >= 4 is 33.0 Å². The quantitative estimate of drug-likeness (QED) is 0.659. The molecule has 3 aromatic carbocycles. The van der Waals surface area contributed by atoms with E-state index in [4.69, 9.17) is 11.6 Å². The molecular weight excluding hydrogens is 410 g/mol. The number of carbonyl (C=O) groups excluding carboxylic acids is 1. The van der Waals surface area contributed by atoms with Crippen molar-refractivity contribution in [1.82, 2.24) is 0 Å². The zero-order chi connectivity index (χ0) is 20.6. The summed E-state index contributed by atoms with van der Waals surface area (Å²) >= 11 is 5.96. The van der Waals surface area contributed by atoms with E-state index in [1.54, 1.807) is 72.8 Å². The number of benzene rings is 3. The first kappa shape index (κ1) is 19.2. The molecule has 1 aliphatic heterocycles. The molecule has 0 unspecified atom stereocenters. The monoisotopic (exact) mass is 425 g/mol. The first-order chi connectivity index (χ1) is 13.9. The van der Waals surface area contributed by atoms with Gasteiger partial charge in [-0.15, -0.1) is 0 Å². The molecule has 0 radical (unpaired) electrons. The maximum Gasteiger partial charge on any atom is 0.295 e. The third-order valence-electron chi connectivity index (χ3n) is 4.72. The van der Waals surface area contributed by atoms with Gasteiger partial charge in [-0.05, 0) is 42.0 Å². The van der Waals surface area contributed by atoms with Crippen molar-refractivity contribution in [2.24, 2.45) is 0 Å². The highest BCUT2D eigenvalue weighted by Gasteiger charge is 2.47. The van der Waals surface area contributed by atoms with Gasteiger partial charge in [0.25, 0.3) is 5.91 Å². The minimum atomic E-state index is -4.13. The third kappa shape index (κ3) is 3.30. The van der Waals surface area contributed by atoms with Crippen LogP contribution in [0.4, 0.5) is 5.69 Å². The molecule has 0 saturated carbocycles. The number of rotatable bonds is 4. The molecule has 0 bridgehead atoms. The van der Waals surface area contributed by atoms with Crippen molar-refractivity contribution in [3.05, 3.63) is 106 Å². The molecule has 5 nitrogen and oxygen atoms in total. The molecule has 1 N–H and O–H groups in total. The zero-order valence-electron chi connectivity index (χ0n) is 15.1. The van der Waals surface area contributed by atoms with Crippen molar-refractivity contribution in [3.63, 3.8) is 0 Å². The van der Waals surface area contributed by atoms with Crippen molar-refractivity contribution in [2.45, 2.75) is 10.9 Å². The lowest BCUT2D eigenvalue weighted by Gasteiger charge is -2.27. The van der Waals surface area contributed by atoms with Gasteiger partial charge in [0.1, 0.15) is 10.9 Å². The Labute approximate surface area is 173 Å². The maximum atomic E-state index is 13.4. The lowest BCUT2D eigenvalue weighted by atomic mass is 10.1. The normalized spacial score (nSPS) is 17.1. The van der Waals surface area contributed by atoms with E-state index in [0.717, 1.165) is 0 Å². The van der Waals surface area contributed by atoms with E-state index in [1.165, 1.54) is 17.0 Å². The predicted molar refractivity (Wildman–Crippen MR) is 111 cm³/mol. The number of halogens is 1. The van der Waals surface area contributed by atoms with Crippen molar-refractivity contribution < 1.29 is 18.3 Å². The Kier molecular flexibility index (Phi) is 4.90. The van der Waals surface area contributed by atoms with Gasteiger partial charge in [-0.25, -0.2) is 8.42 Å². The number of hydrogen-bond donors (Lipinski definition) is 1. The topological polar surface area (TPSA) is 74.7 Å². The van der Waals surface area contributed by atoms with Gasteiger partial charge in [0.05, 0.1) is 4.90 Å². The van der Waals surface area contributed by atoms with Crippen LogP contribution >= 0.6 is 11.6 Å². The average molecular weight is 426 g/mol. The molecule has 1 heterocycles. The van der Waals surface area contributed by atoms with E-state index in [1.807, 2.05) is 0 Å². The molecule has 0 fully saturated rings. The molecule has 1 aliphatic rings. The Balaban J connectivity index is 1.94. The second-order valence-corrected chi connectivity index (χ2v) is 8.85. The summed E-state index contributed by atoms with van der Waals surface area (Å²) in [5.74, 6) is -1.56. The maximum absolute atomic E-state index is 13.4.